The summed E-state index contributed by atoms with van der Waals surface area (Å²) in [5.41, 5.74) is 3.67. The highest BCUT2D eigenvalue weighted by molar-refractivity contribution is 7.11. The molecule has 1 saturated carbocycles. The second kappa shape index (κ2) is 6.72. The highest BCUT2D eigenvalue weighted by Gasteiger charge is 2.34. The van der Waals surface area contributed by atoms with E-state index in [1.54, 1.807) is 0 Å². The molecule has 1 fully saturated rings. The molecule has 0 bridgehead atoms. The van der Waals surface area contributed by atoms with Crippen molar-refractivity contribution in [2.75, 3.05) is 0 Å². The van der Waals surface area contributed by atoms with E-state index < -0.39 is 11.2 Å². The summed E-state index contributed by atoms with van der Waals surface area (Å²) >= 11 is 0.740. The van der Waals surface area contributed by atoms with Gasteiger partial charge in [0.2, 0.25) is 0 Å². The first kappa shape index (κ1) is 17.6. The molecule has 0 amide bonds. The molecule has 0 atom stereocenters. The van der Waals surface area contributed by atoms with Gasteiger partial charge >= 0.3 is 6.18 Å². The summed E-state index contributed by atoms with van der Waals surface area (Å²) in [5, 5.41) is 0.478. The van der Waals surface area contributed by atoms with Crippen molar-refractivity contribution in [2.45, 2.75) is 57.7 Å². The quantitative estimate of drug-likeness (QED) is 0.507. The van der Waals surface area contributed by atoms with E-state index in [0.717, 1.165) is 16.9 Å². The normalized spacial score (nSPS) is 16.5. The summed E-state index contributed by atoms with van der Waals surface area (Å²) in [6, 6.07) is 8.26. The predicted molar refractivity (Wildman–Crippen MR) is 98.7 cm³/mol. The van der Waals surface area contributed by atoms with Crippen LogP contribution >= 0.6 is 11.3 Å². The largest absolute Gasteiger partial charge is 0.443 e. The van der Waals surface area contributed by atoms with Gasteiger partial charge in [0.25, 0.3) is 0 Å². The van der Waals surface area contributed by atoms with Crippen LogP contribution in [0.15, 0.2) is 30.5 Å². The Morgan fingerprint density at radius 3 is 2.58 bits per heavy atom. The molecule has 138 valence electrons. The second-order valence-corrected chi connectivity index (χ2v) is 8.18. The van der Waals surface area contributed by atoms with E-state index in [9.17, 15) is 13.2 Å². The average molecular weight is 378 g/mol. The monoisotopic (exact) mass is 378 g/mol. The summed E-state index contributed by atoms with van der Waals surface area (Å²) in [7, 11) is 0. The lowest BCUT2D eigenvalue weighted by Gasteiger charge is -2.22. The summed E-state index contributed by atoms with van der Waals surface area (Å²) in [6.45, 7) is 2.54. The molecule has 0 N–H and O–H groups in total. The molecule has 0 radical (unpaired) electrons. The zero-order chi connectivity index (χ0) is 18.3. The number of hydrogen-bond acceptors (Lipinski definition) is 2. The zero-order valence-corrected chi connectivity index (χ0v) is 15.5. The maximum atomic E-state index is 12.9. The van der Waals surface area contributed by atoms with Crippen molar-refractivity contribution < 1.29 is 13.2 Å². The fraction of sp³-hybridized carbons (Fsp3) is 0.450. The van der Waals surface area contributed by atoms with Crippen molar-refractivity contribution in [3.8, 4) is 0 Å². The molecule has 0 saturated heterocycles. The number of hydrogen-bond donors (Lipinski definition) is 0. The molecular weight excluding hydrogens is 357 g/mol. The minimum atomic E-state index is -4.37. The van der Waals surface area contributed by atoms with Crippen LogP contribution in [0.4, 0.5) is 13.2 Å². The Kier molecular flexibility index (Phi) is 4.55. The Labute approximate surface area is 154 Å². The van der Waals surface area contributed by atoms with Gasteiger partial charge in [0.15, 0.2) is 5.01 Å². The standard InChI is InChI=1S/C20H21F3N2S/c1-13-18(14-7-3-2-4-8-14)16-9-5-6-10-17(16)25(13)12-15-11-24-19(26-15)20(21,22)23/h5-6,9-11,14H,2-4,7-8,12H2,1H3. The predicted octanol–water partition coefficient (Wildman–Crippen LogP) is 6.52. The Bertz CT molecular complexity index is 917. The van der Waals surface area contributed by atoms with Crippen molar-refractivity contribution in [3.63, 3.8) is 0 Å². The van der Waals surface area contributed by atoms with Crippen LogP contribution in [0.25, 0.3) is 10.9 Å². The molecule has 4 rings (SSSR count). The molecule has 2 aromatic heterocycles. The number of alkyl halides is 3. The number of aromatic nitrogens is 2. The van der Waals surface area contributed by atoms with Gasteiger partial charge in [0, 0.05) is 27.7 Å². The molecule has 0 spiro atoms. The molecular formula is C20H21F3N2S. The minimum Gasteiger partial charge on any atom is -0.339 e. The third kappa shape index (κ3) is 3.15. The third-order valence-electron chi connectivity index (χ3n) is 5.40. The highest BCUT2D eigenvalue weighted by atomic mass is 32.1. The van der Waals surface area contributed by atoms with Crippen LogP contribution in [0, 0.1) is 6.92 Å². The summed E-state index contributed by atoms with van der Waals surface area (Å²) in [4.78, 5) is 4.21. The van der Waals surface area contributed by atoms with Crippen LogP contribution < -0.4 is 0 Å². The Balaban J connectivity index is 1.75. The topological polar surface area (TPSA) is 17.8 Å². The maximum Gasteiger partial charge on any atom is 0.443 e. The van der Waals surface area contributed by atoms with E-state index >= 15 is 0 Å². The fourth-order valence-corrected chi connectivity index (χ4v) is 5.00. The van der Waals surface area contributed by atoms with Crippen LogP contribution in [-0.2, 0) is 12.7 Å². The molecule has 0 aliphatic heterocycles. The number of rotatable bonds is 3. The van der Waals surface area contributed by atoms with Crippen LogP contribution in [0.2, 0.25) is 0 Å². The summed E-state index contributed by atoms with van der Waals surface area (Å²) in [5.74, 6) is 0.557. The van der Waals surface area contributed by atoms with Crippen LogP contribution in [0.1, 0.15) is 59.2 Å². The number of thiazole rings is 1. The minimum absolute atomic E-state index is 0.437. The van der Waals surface area contributed by atoms with Crippen molar-refractivity contribution in [1.82, 2.24) is 9.55 Å². The number of benzene rings is 1. The van der Waals surface area contributed by atoms with Crippen molar-refractivity contribution in [2.24, 2.45) is 0 Å². The van der Waals surface area contributed by atoms with Crippen molar-refractivity contribution in [1.29, 1.82) is 0 Å². The van der Waals surface area contributed by atoms with E-state index in [1.165, 1.54) is 54.9 Å². The van der Waals surface area contributed by atoms with Gasteiger partial charge < -0.3 is 4.57 Å². The molecule has 1 aliphatic rings. The average Bonchev–Trinajstić information content (AvgIpc) is 3.20. The van der Waals surface area contributed by atoms with Gasteiger partial charge in [-0.2, -0.15) is 13.2 Å². The van der Waals surface area contributed by atoms with E-state index in [1.807, 2.05) is 12.1 Å². The Morgan fingerprint density at radius 2 is 1.88 bits per heavy atom. The van der Waals surface area contributed by atoms with Crippen LogP contribution in [0.3, 0.4) is 0 Å². The van der Waals surface area contributed by atoms with E-state index in [0.29, 0.717) is 17.3 Å². The smallest absolute Gasteiger partial charge is 0.339 e. The zero-order valence-electron chi connectivity index (χ0n) is 14.6. The maximum absolute atomic E-state index is 12.9. The Hall–Kier alpha value is -1.82. The second-order valence-electron chi connectivity index (χ2n) is 7.07. The van der Waals surface area contributed by atoms with Gasteiger partial charge in [0.05, 0.1) is 6.54 Å². The molecule has 1 aliphatic carbocycles. The first-order chi connectivity index (χ1) is 12.4. The van der Waals surface area contributed by atoms with E-state index in [4.69, 9.17) is 0 Å². The van der Waals surface area contributed by atoms with Gasteiger partial charge in [-0.25, -0.2) is 4.98 Å². The van der Waals surface area contributed by atoms with Gasteiger partial charge in [-0.3, -0.25) is 0 Å². The first-order valence-corrected chi connectivity index (χ1v) is 9.86. The van der Waals surface area contributed by atoms with Crippen molar-refractivity contribution in [3.05, 3.63) is 51.6 Å². The summed E-state index contributed by atoms with van der Waals surface area (Å²) in [6.07, 6.45) is 3.21. The fourth-order valence-electron chi connectivity index (χ4n) is 4.24. The number of fused-ring (bicyclic) bond motifs is 1. The molecule has 1 aromatic carbocycles. The molecule has 3 aromatic rings. The third-order valence-corrected chi connectivity index (χ3v) is 6.43. The number of nitrogens with zero attached hydrogens (tertiary/aromatic N) is 2. The van der Waals surface area contributed by atoms with Gasteiger partial charge in [-0.1, -0.05) is 37.5 Å². The molecule has 2 heterocycles. The SMILES string of the molecule is Cc1c(C2CCCCC2)c2ccccc2n1Cc1cnc(C(F)(F)F)s1. The molecule has 0 unspecified atom stereocenters. The lowest BCUT2D eigenvalue weighted by Crippen LogP contribution is -2.07. The molecule has 26 heavy (non-hydrogen) atoms. The van der Waals surface area contributed by atoms with E-state index in [2.05, 4.69) is 28.6 Å². The highest BCUT2D eigenvalue weighted by Crippen LogP contribution is 2.40. The lowest BCUT2D eigenvalue weighted by molar-refractivity contribution is -0.137. The number of halogens is 3. The van der Waals surface area contributed by atoms with Crippen LogP contribution in [0.5, 0.6) is 0 Å². The first-order valence-electron chi connectivity index (χ1n) is 9.05. The van der Waals surface area contributed by atoms with Gasteiger partial charge in [-0.15, -0.1) is 11.3 Å². The molecule has 6 heteroatoms. The van der Waals surface area contributed by atoms with Crippen LogP contribution in [-0.4, -0.2) is 9.55 Å². The lowest BCUT2D eigenvalue weighted by atomic mass is 9.83. The van der Waals surface area contributed by atoms with Gasteiger partial charge in [0.1, 0.15) is 0 Å². The van der Waals surface area contributed by atoms with E-state index in [-0.39, 0.29) is 0 Å². The Morgan fingerprint density at radius 1 is 1.15 bits per heavy atom. The molecule has 2 nitrogen and oxygen atoms in total. The van der Waals surface area contributed by atoms with Crippen molar-refractivity contribution >= 4 is 22.2 Å². The van der Waals surface area contributed by atoms with Gasteiger partial charge in [-0.05, 0) is 37.3 Å². The summed E-state index contributed by atoms with van der Waals surface area (Å²) < 4.78 is 40.7. The number of para-hydroxylation sites is 1.